The van der Waals surface area contributed by atoms with Gasteiger partial charge in [0.1, 0.15) is 0 Å². The smallest absolute Gasteiger partial charge is 0.230 e. The quantitative estimate of drug-likeness (QED) is 0.795. The molecule has 7 nitrogen and oxygen atoms in total. The predicted octanol–water partition coefficient (Wildman–Crippen LogP) is 1.37. The van der Waals surface area contributed by atoms with Gasteiger partial charge in [-0.1, -0.05) is 0 Å². The molecule has 1 unspecified atom stereocenters. The third-order valence-electron chi connectivity index (χ3n) is 5.42. The van der Waals surface area contributed by atoms with Crippen molar-refractivity contribution in [2.45, 2.75) is 25.7 Å². The summed E-state index contributed by atoms with van der Waals surface area (Å²) in [5.74, 6) is 0.249. The Labute approximate surface area is 154 Å². The third kappa shape index (κ3) is 4.40. The van der Waals surface area contributed by atoms with Gasteiger partial charge < -0.3 is 19.9 Å². The number of aromatic nitrogens is 1. The minimum absolute atomic E-state index is 0.0179. The van der Waals surface area contributed by atoms with Crippen molar-refractivity contribution in [3.8, 4) is 0 Å². The van der Waals surface area contributed by atoms with Crippen LogP contribution in [0.25, 0.3) is 0 Å². The van der Waals surface area contributed by atoms with Crippen molar-refractivity contribution in [2.24, 2.45) is 5.41 Å². The summed E-state index contributed by atoms with van der Waals surface area (Å²) < 4.78 is 5.13. The van der Waals surface area contributed by atoms with Crippen molar-refractivity contribution in [3.05, 3.63) is 24.5 Å². The van der Waals surface area contributed by atoms with E-state index in [9.17, 15) is 9.59 Å². The van der Waals surface area contributed by atoms with Crippen LogP contribution in [0.15, 0.2) is 24.5 Å². The number of pyridine rings is 1. The standard InChI is InChI=1S/C19H28N4O3/c1-26-13-12-23-9-3-6-19(18(23)25)7-11-22(15-19)10-5-17(24)21-16-4-2-8-20-14-16/h2,4,8,14H,3,5-7,9-13,15H2,1H3,(H,21,24). The zero-order valence-corrected chi connectivity index (χ0v) is 15.4. The SMILES string of the molecule is COCCN1CCCC2(CCN(CCC(=O)Nc3cccnc3)C2)C1=O. The fourth-order valence-corrected chi connectivity index (χ4v) is 4.01. The molecule has 3 rings (SSSR count). The average Bonchev–Trinajstić information content (AvgIpc) is 3.06. The number of ether oxygens (including phenoxy) is 1. The maximum absolute atomic E-state index is 12.9. The van der Waals surface area contributed by atoms with E-state index in [2.05, 4.69) is 15.2 Å². The average molecular weight is 360 g/mol. The molecular formula is C19H28N4O3. The Bertz CT molecular complexity index is 624. The lowest BCUT2D eigenvalue weighted by Gasteiger charge is -2.39. The number of carbonyl (C=O) groups excluding carboxylic acids is 2. The van der Waals surface area contributed by atoms with Gasteiger partial charge in [-0.3, -0.25) is 14.6 Å². The normalized spacial score (nSPS) is 23.6. The van der Waals surface area contributed by atoms with E-state index in [0.717, 1.165) is 38.9 Å². The van der Waals surface area contributed by atoms with E-state index in [1.165, 1.54) is 0 Å². The van der Waals surface area contributed by atoms with Crippen LogP contribution < -0.4 is 5.32 Å². The minimum Gasteiger partial charge on any atom is -0.383 e. The number of methoxy groups -OCH3 is 1. The van der Waals surface area contributed by atoms with Crippen LogP contribution in [0.1, 0.15) is 25.7 Å². The lowest BCUT2D eigenvalue weighted by Crippen LogP contribution is -2.51. The molecule has 0 aromatic carbocycles. The molecule has 0 aliphatic carbocycles. The molecule has 3 heterocycles. The van der Waals surface area contributed by atoms with Crippen LogP contribution in [0.2, 0.25) is 0 Å². The molecule has 2 aliphatic rings. The van der Waals surface area contributed by atoms with Crippen LogP contribution in [0.5, 0.6) is 0 Å². The second kappa shape index (κ2) is 8.60. The van der Waals surface area contributed by atoms with E-state index in [1.54, 1.807) is 25.6 Å². The van der Waals surface area contributed by atoms with Crippen molar-refractivity contribution in [1.82, 2.24) is 14.8 Å². The van der Waals surface area contributed by atoms with Crippen molar-refractivity contribution < 1.29 is 14.3 Å². The second-order valence-electron chi connectivity index (χ2n) is 7.23. The summed E-state index contributed by atoms with van der Waals surface area (Å²) in [4.78, 5) is 33.2. The largest absolute Gasteiger partial charge is 0.383 e. The highest BCUT2D eigenvalue weighted by Crippen LogP contribution is 2.40. The van der Waals surface area contributed by atoms with Crippen LogP contribution in [0.4, 0.5) is 5.69 Å². The Hall–Kier alpha value is -1.99. The molecule has 2 saturated heterocycles. The zero-order chi connectivity index (χ0) is 18.4. The van der Waals surface area contributed by atoms with Gasteiger partial charge in [-0.15, -0.1) is 0 Å². The first-order valence-electron chi connectivity index (χ1n) is 9.33. The predicted molar refractivity (Wildman–Crippen MR) is 98.7 cm³/mol. The van der Waals surface area contributed by atoms with Gasteiger partial charge >= 0.3 is 0 Å². The minimum atomic E-state index is -0.258. The number of piperidine rings is 1. The summed E-state index contributed by atoms with van der Waals surface area (Å²) in [5, 5.41) is 2.86. The first-order valence-corrected chi connectivity index (χ1v) is 9.33. The summed E-state index contributed by atoms with van der Waals surface area (Å²) in [6, 6.07) is 3.62. The van der Waals surface area contributed by atoms with Crippen molar-refractivity contribution >= 4 is 17.5 Å². The molecule has 2 aliphatic heterocycles. The Morgan fingerprint density at radius 1 is 1.35 bits per heavy atom. The molecule has 0 radical (unpaired) electrons. The van der Waals surface area contributed by atoms with Gasteiger partial charge in [0, 0.05) is 45.9 Å². The van der Waals surface area contributed by atoms with Gasteiger partial charge in [0.05, 0.1) is 23.9 Å². The maximum atomic E-state index is 12.9. The molecule has 1 N–H and O–H groups in total. The lowest BCUT2D eigenvalue weighted by molar-refractivity contribution is -0.146. The van der Waals surface area contributed by atoms with E-state index in [1.807, 2.05) is 11.0 Å². The number of likely N-dealkylation sites (tertiary alicyclic amines) is 2. The van der Waals surface area contributed by atoms with E-state index < -0.39 is 0 Å². The summed E-state index contributed by atoms with van der Waals surface area (Å²) in [7, 11) is 1.66. The van der Waals surface area contributed by atoms with E-state index in [0.29, 0.717) is 31.8 Å². The topological polar surface area (TPSA) is 74.8 Å². The van der Waals surface area contributed by atoms with E-state index in [-0.39, 0.29) is 17.2 Å². The van der Waals surface area contributed by atoms with Crippen LogP contribution in [-0.4, -0.2) is 73.0 Å². The van der Waals surface area contributed by atoms with Crippen LogP contribution in [-0.2, 0) is 14.3 Å². The Balaban J connectivity index is 1.48. The number of hydrogen-bond acceptors (Lipinski definition) is 5. The van der Waals surface area contributed by atoms with Gasteiger partial charge in [0.25, 0.3) is 0 Å². The fourth-order valence-electron chi connectivity index (χ4n) is 4.01. The molecule has 1 aromatic rings. The Kier molecular flexibility index (Phi) is 6.21. The molecule has 26 heavy (non-hydrogen) atoms. The number of anilines is 1. The van der Waals surface area contributed by atoms with Crippen molar-refractivity contribution in [1.29, 1.82) is 0 Å². The number of hydrogen-bond donors (Lipinski definition) is 1. The number of rotatable bonds is 7. The van der Waals surface area contributed by atoms with Crippen LogP contribution in [0, 0.1) is 5.41 Å². The van der Waals surface area contributed by atoms with Gasteiger partial charge in [-0.2, -0.15) is 0 Å². The molecule has 2 amide bonds. The number of nitrogens with zero attached hydrogens (tertiary/aromatic N) is 3. The maximum Gasteiger partial charge on any atom is 0.230 e. The monoisotopic (exact) mass is 360 g/mol. The first-order chi connectivity index (χ1) is 12.6. The van der Waals surface area contributed by atoms with Crippen molar-refractivity contribution in [2.75, 3.05) is 51.8 Å². The van der Waals surface area contributed by atoms with Gasteiger partial charge in [0.15, 0.2) is 0 Å². The zero-order valence-electron chi connectivity index (χ0n) is 15.4. The molecule has 1 spiro atoms. The van der Waals surface area contributed by atoms with E-state index >= 15 is 0 Å². The number of nitrogens with one attached hydrogen (secondary N) is 1. The molecule has 0 bridgehead atoms. The summed E-state index contributed by atoms with van der Waals surface area (Å²) in [5.41, 5.74) is 0.456. The summed E-state index contributed by atoms with van der Waals surface area (Å²) >= 11 is 0. The number of amides is 2. The molecular weight excluding hydrogens is 332 g/mol. The Morgan fingerprint density at radius 2 is 2.23 bits per heavy atom. The highest BCUT2D eigenvalue weighted by molar-refractivity contribution is 5.90. The van der Waals surface area contributed by atoms with Crippen LogP contribution >= 0.6 is 0 Å². The molecule has 1 atom stereocenters. The molecule has 2 fully saturated rings. The molecule has 142 valence electrons. The Morgan fingerprint density at radius 3 is 3.00 bits per heavy atom. The second-order valence-corrected chi connectivity index (χ2v) is 7.23. The summed E-state index contributed by atoms with van der Waals surface area (Å²) in [6.45, 7) is 4.40. The molecule has 7 heteroatoms. The first kappa shape index (κ1) is 18.8. The highest BCUT2D eigenvalue weighted by atomic mass is 16.5. The number of carbonyl (C=O) groups is 2. The molecule has 1 aromatic heterocycles. The van der Waals surface area contributed by atoms with E-state index in [4.69, 9.17) is 4.74 Å². The van der Waals surface area contributed by atoms with Crippen LogP contribution in [0.3, 0.4) is 0 Å². The third-order valence-corrected chi connectivity index (χ3v) is 5.42. The fraction of sp³-hybridized carbons (Fsp3) is 0.632. The van der Waals surface area contributed by atoms with Gasteiger partial charge in [-0.05, 0) is 37.9 Å². The van der Waals surface area contributed by atoms with Gasteiger partial charge in [-0.25, -0.2) is 0 Å². The highest BCUT2D eigenvalue weighted by Gasteiger charge is 2.47. The van der Waals surface area contributed by atoms with Gasteiger partial charge in [0.2, 0.25) is 11.8 Å². The lowest BCUT2D eigenvalue weighted by atomic mass is 9.78. The molecule has 0 saturated carbocycles. The summed E-state index contributed by atoms with van der Waals surface area (Å²) in [6.07, 6.45) is 6.62. The van der Waals surface area contributed by atoms with Crippen molar-refractivity contribution in [3.63, 3.8) is 0 Å².